The number of hydrogen-bond donors (Lipinski definition) is 1. The molecule has 6 nitrogen and oxygen atoms in total. The second-order valence-corrected chi connectivity index (χ2v) is 4.79. The topological polar surface area (TPSA) is 82.1 Å². The van der Waals surface area contributed by atoms with Crippen molar-refractivity contribution < 1.29 is 0 Å². The van der Waals surface area contributed by atoms with Gasteiger partial charge in [-0.05, 0) is 26.9 Å². The summed E-state index contributed by atoms with van der Waals surface area (Å²) in [5.41, 5.74) is 6.06. The number of nitrogens with two attached hydrogens (primary N) is 1. The SMILES string of the molecule is CN(C)[C@@H]1CCCN(c2ncc(C#N)c(N)n2)C1. The van der Waals surface area contributed by atoms with Crippen LogP contribution >= 0.6 is 0 Å². The number of nitriles is 1. The molecule has 0 bridgehead atoms. The Morgan fingerprint density at radius 1 is 1.56 bits per heavy atom. The van der Waals surface area contributed by atoms with Crippen molar-refractivity contribution in [3.8, 4) is 6.07 Å². The molecule has 0 aromatic carbocycles. The minimum absolute atomic E-state index is 0.259. The highest BCUT2D eigenvalue weighted by molar-refractivity contribution is 5.50. The molecule has 1 aromatic heterocycles. The summed E-state index contributed by atoms with van der Waals surface area (Å²) in [7, 11) is 4.17. The number of nitrogen functional groups attached to an aromatic ring is 1. The minimum atomic E-state index is 0.259. The van der Waals surface area contributed by atoms with Crippen LogP contribution in [0, 0.1) is 11.3 Å². The van der Waals surface area contributed by atoms with Crippen molar-refractivity contribution in [1.82, 2.24) is 14.9 Å². The predicted molar refractivity (Wildman–Crippen MR) is 70.1 cm³/mol. The first-order chi connectivity index (χ1) is 8.61. The molecule has 0 amide bonds. The zero-order valence-electron chi connectivity index (χ0n) is 10.8. The molecule has 2 heterocycles. The van der Waals surface area contributed by atoms with Crippen LogP contribution in [0.25, 0.3) is 0 Å². The number of anilines is 2. The van der Waals surface area contributed by atoms with E-state index >= 15 is 0 Å². The first-order valence-electron chi connectivity index (χ1n) is 6.06. The van der Waals surface area contributed by atoms with Gasteiger partial charge >= 0.3 is 0 Å². The predicted octanol–water partition coefficient (Wildman–Crippen LogP) is 0.461. The number of nitrogens with zero attached hydrogens (tertiary/aromatic N) is 5. The van der Waals surface area contributed by atoms with Gasteiger partial charge in [-0.3, -0.25) is 0 Å². The lowest BCUT2D eigenvalue weighted by molar-refractivity contribution is 0.257. The van der Waals surface area contributed by atoms with E-state index in [2.05, 4.69) is 33.9 Å². The van der Waals surface area contributed by atoms with Crippen LogP contribution in [-0.4, -0.2) is 48.1 Å². The van der Waals surface area contributed by atoms with Crippen molar-refractivity contribution >= 4 is 11.8 Å². The Labute approximate surface area is 107 Å². The second-order valence-electron chi connectivity index (χ2n) is 4.79. The molecule has 0 radical (unpaired) electrons. The van der Waals surface area contributed by atoms with Gasteiger partial charge in [0, 0.05) is 19.1 Å². The molecule has 1 aliphatic rings. The third-order valence-electron chi connectivity index (χ3n) is 3.34. The molecule has 0 spiro atoms. The van der Waals surface area contributed by atoms with Crippen molar-refractivity contribution in [2.24, 2.45) is 0 Å². The Morgan fingerprint density at radius 2 is 2.33 bits per heavy atom. The lowest BCUT2D eigenvalue weighted by Crippen LogP contribution is -2.45. The van der Waals surface area contributed by atoms with E-state index in [0.717, 1.165) is 19.5 Å². The summed E-state index contributed by atoms with van der Waals surface area (Å²) in [5, 5.41) is 8.80. The number of aromatic nitrogens is 2. The molecular formula is C12H18N6. The summed E-state index contributed by atoms with van der Waals surface area (Å²) in [5.74, 6) is 0.882. The monoisotopic (exact) mass is 246 g/mol. The van der Waals surface area contributed by atoms with Gasteiger partial charge in [-0.15, -0.1) is 0 Å². The Bertz CT molecular complexity index is 464. The van der Waals surface area contributed by atoms with Crippen molar-refractivity contribution in [3.05, 3.63) is 11.8 Å². The molecule has 1 fully saturated rings. The van der Waals surface area contributed by atoms with Gasteiger partial charge in [0.2, 0.25) is 5.95 Å². The maximum atomic E-state index is 8.80. The summed E-state index contributed by atoms with van der Waals surface area (Å²) < 4.78 is 0. The van der Waals surface area contributed by atoms with E-state index in [1.165, 1.54) is 12.6 Å². The third-order valence-corrected chi connectivity index (χ3v) is 3.34. The fourth-order valence-corrected chi connectivity index (χ4v) is 2.18. The maximum absolute atomic E-state index is 8.80. The number of hydrogen-bond acceptors (Lipinski definition) is 6. The van der Waals surface area contributed by atoms with E-state index in [4.69, 9.17) is 11.0 Å². The zero-order chi connectivity index (χ0) is 13.1. The smallest absolute Gasteiger partial charge is 0.227 e. The Morgan fingerprint density at radius 3 is 2.94 bits per heavy atom. The molecule has 2 N–H and O–H groups in total. The molecule has 6 heteroatoms. The fourth-order valence-electron chi connectivity index (χ4n) is 2.18. The molecule has 1 aliphatic heterocycles. The van der Waals surface area contributed by atoms with Crippen LogP contribution in [0.3, 0.4) is 0 Å². The quantitative estimate of drug-likeness (QED) is 0.816. The van der Waals surface area contributed by atoms with Gasteiger partial charge in [-0.25, -0.2) is 4.98 Å². The Hall–Kier alpha value is -1.87. The lowest BCUT2D eigenvalue weighted by atomic mass is 10.1. The molecule has 0 unspecified atom stereocenters. The van der Waals surface area contributed by atoms with E-state index in [9.17, 15) is 0 Å². The van der Waals surface area contributed by atoms with Crippen LogP contribution in [-0.2, 0) is 0 Å². The van der Waals surface area contributed by atoms with Crippen LogP contribution < -0.4 is 10.6 Å². The van der Waals surface area contributed by atoms with Gasteiger partial charge in [-0.2, -0.15) is 10.2 Å². The molecule has 0 saturated carbocycles. The van der Waals surface area contributed by atoms with Crippen molar-refractivity contribution in [3.63, 3.8) is 0 Å². The van der Waals surface area contributed by atoms with Gasteiger partial charge in [0.1, 0.15) is 17.5 Å². The average Bonchev–Trinajstić information content (AvgIpc) is 2.38. The van der Waals surface area contributed by atoms with E-state index in [1.54, 1.807) is 0 Å². The number of piperidine rings is 1. The zero-order valence-corrected chi connectivity index (χ0v) is 10.8. The van der Waals surface area contributed by atoms with Gasteiger partial charge in [-0.1, -0.05) is 0 Å². The molecule has 96 valence electrons. The van der Waals surface area contributed by atoms with Crippen LogP contribution in [0.1, 0.15) is 18.4 Å². The van der Waals surface area contributed by atoms with Crippen molar-refractivity contribution in [1.29, 1.82) is 5.26 Å². The van der Waals surface area contributed by atoms with Crippen LogP contribution in [0.5, 0.6) is 0 Å². The van der Waals surface area contributed by atoms with Crippen molar-refractivity contribution in [2.75, 3.05) is 37.8 Å². The van der Waals surface area contributed by atoms with Gasteiger partial charge in [0.25, 0.3) is 0 Å². The molecular weight excluding hydrogens is 228 g/mol. The molecule has 2 rings (SSSR count). The van der Waals surface area contributed by atoms with Crippen LogP contribution in [0.4, 0.5) is 11.8 Å². The number of rotatable bonds is 2. The summed E-state index contributed by atoms with van der Waals surface area (Å²) in [6.45, 7) is 1.84. The van der Waals surface area contributed by atoms with Gasteiger partial charge < -0.3 is 15.5 Å². The highest BCUT2D eigenvalue weighted by atomic mass is 15.3. The summed E-state index contributed by atoms with van der Waals surface area (Å²) >= 11 is 0. The van der Waals surface area contributed by atoms with Crippen LogP contribution in [0.2, 0.25) is 0 Å². The van der Waals surface area contributed by atoms with Crippen LogP contribution in [0.15, 0.2) is 6.20 Å². The highest BCUT2D eigenvalue weighted by Gasteiger charge is 2.23. The minimum Gasteiger partial charge on any atom is -0.382 e. The third kappa shape index (κ3) is 2.51. The molecule has 1 aromatic rings. The first kappa shape index (κ1) is 12.6. The molecule has 18 heavy (non-hydrogen) atoms. The maximum Gasteiger partial charge on any atom is 0.227 e. The Balaban J connectivity index is 2.16. The second kappa shape index (κ2) is 5.19. The first-order valence-corrected chi connectivity index (χ1v) is 6.06. The molecule has 1 saturated heterocycles. The average molecular weight is 246 g/mol. The standard InChI is InChI=1S/C12H18N6/c1-17(2)10-4-3-5-18(8-10)12-15-7-9(6-13)11(14)16-12/h7,10H,3-5,8H2,1-2H3,(H2,14,15,16)/t10-/m1/s1. The molecule has 0 aliphatic carbocycles. The van der Waals surface area contributed by atoms with Crippen molar-refractivity contribution in [2.45, 2.75) is 18.9 Å². The van der Waals surface area contributed by atoms with E-state index in [-0.39, 0.29) is 5.82 Å². The molecule has 1 atom stereocenters. The largest absolute Gasteiger partial charge is 0.382 e. The van der Waals surface area contributed by atoms with E-state index in [0.29, 0.717) is 17.6 Å². The lowest BCUT2D eigenvalue weighted by Gasteiger charge is -2.36. The van der Waals surface area contributed by atoms with E-state index < -0.39 is 0 Å². The summed E-state index contributed by atoms with van der Waals surface area (Å²) in [6.07, 6.45) is 3.80. The van der Waals surface area contributed by atoms with Gasteiger partial charge in [0.15, 0.2) is 0 Å². The van der Waals surface area contributed by atoms with E-state index in [1.807, 2.05) is 6.07 Å². The highest BCUT2D eigenvalue weighted by Crippen LogP contribution is 2.19. The summed E-state index contributed by atoms with van der Waals surface area (Å²) in [4.78, 5) is 12.8. The van der Waals surface area contributed by atoms with Gasteiger partial charge in [0.05, 0.1) is 6.20 Å². The Kier molecular flexibility index (Phi) is 3.63. The normalized spacial score (nSPS) is 19.9. The fraction of sp³-hybridized carbons (Fsp3) is 0.583. The summed E-state index contributed by atoms with van der Waals surface area (Å²) in [6, 6.07) is 2.49. The number of likely N-dealkylation sites (N-methyl/N-ethyl adjacent to an activating group) is 1.